The third kappa shape index (κ3) is 5.10. The van der Waals surface area contributed by atoms with Gasteiger partial charge in [-0.25, -0.2) is 0 Å². The molecule has 1 aliphatic heterocycles. The summed E-state index contributed by atoms with van der Waals surface area (Å²) in [6.07, 6.45) is 1.43. The number of amides is 2. The lowest BCUT2D eigenvalue weighted by atomic mass is 10.1. The van der Waals surface area contributed by atoms with Crippen LogP contribution in [0.4, 0.5) is 0 Å². The summed E-state index contributed by atoms with van der Waals surface area (Å²) in [5.74, 6) is 0.876. The van der Waals surface area contributed by atoms with E-state index >= 15 is 0 Å². The van der Waals surface area contributed by atoms with Crippen molar-refractivity contribution in [1.82, 2.24) is 9.80 Å². The molecule has 1 aliphatic rings. The van der Waals surface area contributed by atoms with Crippen molar-refractivity contribution in [1.29, 1.82) is 0 Å². The molecule has 0 fully saturated rings. The highest BCUT2D eigenvalue weighted by Gasteiger charge is 2.22. The fourth-order valence-electron chi connectivity index (χ4n) is 3.16. The maximum Gasteiger partial charge on any atom is 0.223 e. The number of fused-ring (bicyclic) bond motifs is 1. The molecule has 0 aliphatic carbocycles. The van der Waals surface area contributed by atoms with E-state index in [0.717, 1.165) is 24.3 Å². The number of rotatable bonds is 7. The summed E-state index contributed by atoms with van der Waals surface area (Å²) in [7, 11) is 1.76. The number of carbonyl (C=O) groups is 2. The number of aryl methyl sites for hydroxylation is 1. The van der Waals surface area contributed by atoms with Crippen molar-refractivity contribution in [2.45, 2.75) is 32.7 Å². The van der Waals surface area contributed by atoms with Crippen LogP contribution in [0.2, 0.25) is 0 Å². The normalized spacial score (nSPS) is 13.2. The van der Waals surface area contributed by atoms with Crippen LogP contribution < -0.4 is 4.74 Å². The molecular formula is C21H26N2O3S. The molecule has 6 heteroatoms. The zero-order chi connectivity index (χ0) is 19.2. The van der Waals surface area contributed by atoms with Gasteiger partial charge in [0.15, 0.2) is 0 Å². The Morgan fingerprint density at radius 3 is 2.85 bits per heavy atom. The molecule has 1 aromatic heterocycles. The van der Waals surface area contributed by atoms with Gasteiger partial charge in [0.25, 0.3) is 0 Å². The van der Waals surface area contributed by atoms with Crippen LogP contribution in [-0.2, 0) is 22.6 Å². The predicted molar refractivity (Wildman–Crippen MR) is 107 cm³/mol. The lowest BCUT2D eigenvalue weighted by molar-refractivity contribution is -0.137. The molecule has 0 N–H and O–H groups in total. The highest BCUT2D eigenvalue weighted by atomic mass is 32.1. The van der Waals surface area contributed by atoms with Crippen molar-refractivity contribution in [3.8, 4) is 5.75 Å². The van der Waals surface area contributed by atoms with E-state index in [2.05, 4.69) is 11.4 Å². The molecule has 27 heavy (non-hydrogen) atoms. The summed E-state index contributed by atoms with van der Waals surface area (Å²) >= 11 is 1.76. The molecule has 2 heterocycles. The highest BCUT2D eigenvalue weighted by Crippen LogP contribution is 2.24. The summed E-state index contributed by atoms with van der Waals surface area (Å²) in [5.41, 5.74) is 2.32. The second-order valence-corrected chi connectivity index (χ2v) is 7.86. The third-order valence-corrected chi connectivity index (χ3v) is 5.94. The van der Waals surface area contributed by atoms with E-state index in [1.807, 2.05) is 36.1 Å². The molecule has 2 amide bonds. The van der Waals surface area contributed by atoms with Crippen molar-refractivity contribution in [3.05, 3.63) is 51.7 Å². The SMILES string of the molecule is Cc1ccccc1OCCN(C)C(=O)CCC(=O)N1CCc2sccc2C1. The van der Waals surface area contributed by atoms with Crippen LogP contribution in [-0.4, -0.2) is 48.4 Å². The zero-order valence-corrected chi connectivity index (χ0v) is 16.8. The van der Waals surface area contributed by atoms with E-state index in [9.17, 15) is 9.59 Å². The Hall–Kier alpha value is -2.34. The summed E-state index contributed by atoms with van der Waals surface area (Å²) in [5, 5.41) is 2.08. The smallest absolute Gasteiger partial charge is 0.223 e. The molecule has 144 valence electrons. The Balaban J connectivity index is 1.38. The maximum absolute atomic E-state index is 12.4. The summed E-state index contributed by atoms with van der Waals surface area (Å²) in [6.45, 7) is 4.36. The van der Waals surface area contributed by atoms with Crippen LogP contribution in [0.1, 0.15) is 28.8 Å². The second-order valence-electron chi connectivity index (χ2n) is 6.86. The first-order valence-corrected chi connectivity index (χ1v) is 10.2. The molecular weight excluding hydrogens is 360 g/mol. The number of thiophene rings is 1. The first-order chi connectivity index (χ1) is 13.0. The lowest BCUT2D eigenvalue weighted by Crippen LogP contribution is -2.36. The van der Waals surface area contributed by atoms with E-state index < -0.39 is 0 Å². The van der Waals surface area contributed by atoms with Crippen LogP contribution in [0.15, 0.2) is 35.7 Å². The average molecular weight is 387 g/mol. The summed E-state index contributed by atoms with van der Waals surface area (Å²) < 4.78 is 5.74. The van der Waals surface area contributed by atoms with Gasteiger partial charge in [0.1, 0.15) is 12.4 Å². The minimum atomic E-state index is -0.0232. The molecule has 0 radical (unpaired) electrons. The van der Waals surface area contributed by atoms with Crippen LogP contribution in [0.5, 0.6) is 5.75 Å². The standard InChI is InChI=1S/C21H26N2O3S/c1-16-5-3-4-6-18(16)26-13-12-22(2)20(24)7-8-21(25)23-11-9-19-17(15-23)10-14-27-19/h3-6,10,14H,7-9,11-13,15H2,1-2H3. The van der Waals surface area contributed by atoms with Gasteiger partial charge in [0.2, 0.25) is 11.8 Å². The van der Waals surface area contributed by atoms with Gasteiger partial charge in [-0.2, -0.15) is 0 Å². The van der Waals surface area contributed by atoms with Gasteiger partial charge in [-0.15, -0.1) is 11.3 Å². The fourth-order valence-corrected chi connectivity index (χ4v) is 4.05. The molecule has 5 nitrogen and oxygen atoms in total. The molecule has 0 spiro atoms. The molecule has 1 aromatic carbocycles. The fraction of sp³-hybridized carbons (Fsp3) is 0.429. The molecule has 0 saturated heterocycles. The number of hydrogen-bond donors (Lipinski definition) is 0. The summed E-state index contributed by atoms with van der Waals surface area (Å²) in [6, 6.07) is 9.91. The van der Waals surface area contributed by atoms with Gasteiger partial charge >= 0.3 is 0 Å². The molecule has 0 saturated carbocycles. The van der Waals surface area contributed by atoms with Gasteiger partial charge in [0, 0.05) is 37.9 Å². The molecule has 0 bridgehead atoms. The number of carbonyl (C=O) groups excluding carboxylic acids is 2. The number of hydrogen-bond acceptors (Lipinski definition) is 4. The Labute approximate surface area is 164 Å². The monoisotopic (exact) mass is 386 g/mol. The van der Waals surface area contributed by atoms with E-state index in [-0.39, 0.29) is 24.7 Å². The Morgan fingerprint density at radius 1 is 1.22 bits per heavy atom. The summed E-state index contributed by atoms with van der Waals surface area (Å²) in [4.78, 5) is 29.6. The van der Waals surface area contributed by atoms with Crippen molar-refractivity contribution in [2.75, 3.05) is 26.7 Å². The largest absolute Gasteiger partial charge is 0.491 e. The lowest BCUT2D eigenvalue weighted by Gasteiger charge is -2.27. The van der Waals surface area contributed by atoms with E-state index in [1.165, 1.54) is 10.4 Å². The van der Waals surface area contributed by atoms with Crippen molar-refractivity contribution < 1.29 is 14.3 Å². The topological polar surface area (TPSA) is 49.9 Å². The van der Waals surface area contributed by atoms with Crippen molar-refractivity contribution >= 4 is 23.2 Å². The van der Waals surface area contributed by atoms with Crippen LogP contribution in [0.3, 0.4) is 0 Å². The van der Waals surface area contributed by atoms with Gasteiger partial charge in [-0.3, -0.25) is 9.59 Å². The first-order valence-electron chi connectivity index (χ1n) is 9.30. The zero-order valence-electron chi connectivity index (χ0n) is 15.9. The predicted octanol–water partition coefficient (Wildman–Crippen LogP) is 3.26. The number of nitrogens with zero attached hydrogens (tertiary/aromatic N) is 2. The van der Waals surface area contributed by atoms with Crippen molar-refractivity contribution in [3.63, 3.8) is 0 Å². The van der Waals surface area contributed by atoms with Crippen LogP contribution in [0.25, 0.3) is 0 Å². The van der Waals surface area contributed by atoms with Crippen molar-refractivity contribution in [2.24, 2.45) is 0 Å². The Bertz CT molecular complexity index is 802. The number of ether oxygens (including phenoxy) is 1. The van der Waals surface area contributed by atoms with Gasteiger partial charge < -0.3 is 14.5 Å². The average Bonchev–Trinajstić information content (AvgIpc) is 3.15. The maximum atomic E-state index is 12.4. The Morgan fingerprint density at radius 2 is 2.04 bits per heavy atom. The molecule has 0 atom stereocenters. The quantitative estimate of drug-likeness (QED) is 0.734. The first kappa shape index (κ1) is 19.4. The second kappa shape index (κ2) is 9.04. The van der Waals surface area contributed by atoms with Gasteiger partial charge in [-0.05, 0) is 42.0 Å². The Kier molecular flexibility index (Phi) is 6.50. The third-order valence-electron chi connectivity index (χ3n) is 4.92. The molecule has 0 unspecified atom stereocenters. The number of para-hydroxylation sites is 1. The van der Waals surface area contributed by atoms with Gasteiger partial charge in [-0.1, -0.05) is 18.2 Å². The van der Waals surface area contributed by atoms with E-state index in [0.29, 0.717) is 19.7 Å². The minimum Gasteiger partial charge on any atom is -0.491 e. The van der Waals surface area contributed by atoms with Crippen LogP contribution >= 0.6 is 11.3 Å². The number of benzene rings is 1. The van der Waals surface area contributed by atoms with E-state index in [4.69, 9.17) is 4.74 Å². The van der Waals surface area contributed by atoms with Gasteiger partial charge in [0.05, 0.1) is 6.54 Å². The molecule has 3 rings (SSSR count). The highest BCUT2D eigenvalue weighted by molar-refractivity contribution is 7.10. The molecule has 2 aromatic rings. The minimum absolute atomic E-state index is 0.0232. The number of likely N-dealkylation sites (N-methyl/N-ethyl adjacent to an activating group) is 1. The van der Waals surface area contributed by atoms with Crippen LogP contribution in [0, 0.1) is 6.92 Å². The van der Waals surface area contributed by atoms with E-state index in [1.54, 1.807) is 23.3 Å².